The molecule has 0 amide bonds. The minimum atomic E-state index is 0.503. The second kappa shape index (κ2) is 18.1. The predicted molar refractivity (Wildman–Crippen MR) is 292 cm³/mol. The molecule has 2 fully saturated rings. The van der Waals surface area contributed by atoms with E-state index in [-0.39, 0.29) is 0 Å². The Balaban J connectivity index is 1.19. The van der Waals surface area contributed by atoms with E-state index in [9.17, 15) is 0 Å². The third-order valence-electron chi connectivity index (χ3n) is 15.8. The van der Waals surface area contributed by atoms with Crippen LogP contribution in [0.15, 0.2) is 194 Å². The first-order valence-corrected chi connectivity index (χ1v) is 25.4. The highest BCUT2D eigenvalue weighted by Crippen LogP contribution is 2.54. The van der Waals surface area contributed by atoms with Crippen molar-refractivity contribution in [2.24, 2.45) is 0 Å². The smallest absolute Gasteiger partial charge is 0.0543 e. The summed E-state index contributed by atoms with van der Waals surface area (Å²) in [6.45, 7) is 4.64. The van der Waals surface area contributed by atoms with Crippen LogP contribution in [-0.4, -0.2) is 0 Å². The average molecular weight is 881 g/mol. The van der Waals surface area contributed by atoms with Crippen LogP contribution in [0.5, 0.6) is 0 Å². The molecule has 0 radical (unpaired) electrons. The molecule has 0 heterocycles. The summed E-state index contributed by atoms with van der Waals surface area (Å²) >= 11 is 0. The van der Waals surface area contributed by atoms with E-state index in [0.29, 0.717) is 11.8 Å². The minimum Gasteiger partial charge on any atom is -0.310 e. The van der Waals surface area contributed by atoms with Crippen LogP contribution in [0.2, 0.25) is 0 Å². The number of hydrogen-bond donors (Lipinski definition) is 0. The van der Waals surface area contributed by atoms with Gasteiger partial charge in [0.25, 0.3) is 0 Å². The fourth-order valence-corrected chi connectivity index (χ4v) is 12.4. The van der Waals surface area contributed by atoms with Gasteiger partial charge in [-0.15, -0.1) is 0 Å². The Morgan fingerprint density at radius 3 is 1.06 bits per heavy atom. The molecule has 10 aromatic carbocycles. The Morgan fingerprint density at radius 2 is 0.676 bits per heavy atom. The van der Waals surface area contributed by atoms with Crippen molar-refractivity contribution in [2.45, 2.75) is 89.9 Å². The van der Waals surface area contributed by atoms with Crippen LogP contribution in [0.25, 0.3) is 54.6 Å². The SMILES string of the molecule is Cc1c(-c2ccccc2)cccc1N(c1ccccc1)c1cc(C2CCCCC2)c2ccc3c(N(c4ccccc4)c4cccc(-c5ccccc5)c4C)cc(C4CCCCC4)c4ccc1c2c43. The molecule has 0 saturated heterocycles. The van der Waals surface area contributed by atoms with E-state index < -0.39 is 0 Å². The van der Waals surface area contributed by atoms with Gasteiger partial charge in [-0.3, -0.25) is 0 Å². The number of anilines is 6. The zero-order valence-corrected chi connectivity index (χ0v) is 39.6. The van der Waals surface area contributed by atoms with Gasteiger partial charge in [0, 0.05) is 33.5 Å². The predicted octanol–water partition coefficient (Wildman–Crippen LogP) is 19.6. The van der Waals surface area contributed by atoms with Gasteiger partial charge in [-0.1, -0.05) is 184 Å². The zero-order valence-electron chi connectivity index (χ0n) is 39.6. The molecule has 68 heavy (non-hydrogen) atoms. The van der Waals surface area contributed by atoms with Gasteiger partial charge < -0.3 is 9.80 Å². The number of para-hydroxylation sites is 2. The van der Waals surface area contributed by atoms with Gasteiger partial charge in [-0.05, 0) is 166 Å². The molecule has 2 aliphatic carbocycles. The summed E-state index contributed by atoms with van der Waals surface area (Å²) in [7, 11) is 0. The molecule has 2 nitrogen and oxygen atoms in total. The molecule has 0 unspecified atom stereocenters. The number of benzene rings is 10. The first-order chi connectivity index (χ1) is 33.6. The van der Waals surface area contributed by atoms with Crippen molar-refractivity contribution >= 4 is 66.4 Å². The van der Waals surface area contributed by atoms with Gasteiger partial charge in [0.05, 0.1) is 11.4 Å². The third kappa shape index (κ3) is 7.42. The first kappa shape index (κ1) is 42.2. The molecule has 0 N–H and O–H groups in total. The minimum absolute atomic E-state index is 0.503. The summed E-state index contributed by atoms with van der Waals surface area (Å²) in [5.74, 6) is 1.01. The molecule has 0 aromatic heterocycles. The summed E-state index contributed by atoms with van der Waals surface area (Å²) in [5.41, 5.74) is 17.9. The van der Waals surface area contributed by atoms with E-state index in [4.69, 9.17) is 0 Å². The molecular formula is C66H60N2. The maximum atomic E-state index is 2.62. The Bertz CT molecular complexity index is 3140. The van der Waals surface area contributed by atoms with Crippen LogP contribution < -0.4 is 9.80 Å². The van der Waals surface area contributed by atoms with Crippen LogP contribution in [0, 0.1) is 13.8 Å². The zero-order chi connectivity index (χ0) is 45.6. The monoisotopic (exact) mass is 880 g/mol. The summed E-state index contributed by atoms with van der Waals surface area (Å²) in [6, 6.07) is 73.2. The lowest BCUT2D eigenvalue weighted by Crippen LogP contribution is -2.15. The van der Waals surface area contributed by atoms with Gasteiger partial charge >= 0.3 is 0 Å². The molecule has 0 bridgehead atoms. The molecule has 12 rings (SSSR count). The molecule has 334 valence electrons. The second-order valence-electron chi connectivity index (χ2n) is 19.7. The molecule has 2 heteroatoms. The van der Waals surface area contributed by atoms with Crippen LogP contribution >= 0.6 is 0 Å². The lowest BCUT2D eigenvalue weighted by atomic mass is 9.77. The molecule has 0 atom stereocenters. The van der Waals surface area contributed by atoms with E-state index in [1.807, 2.05) is 0 Å². The highest BCUT2D eigenvalue weighted by molar-refractivity contribution is 6.29. The average Bonchev–Trinajstić information content (AvgIpc) is 3.41. The van der Waals surface area contributed by atoms with Gasteiger partial charge in [-0.25, -0.2) is 0 Å². The summed E-state index contributed by atoms with van der Waals surface area (Å²) in [4.78, 5) is 5.19. The normalized spacial score (nSPS) is 14.8. The molecule has 0 spiro atoms. The first-order valence-electron chi connectivity index (χ1n) is 25.4. The van der Waals surface area contributed by atoms with Crippen molar-refractivity contribution in [1.82, 2.24) is 0 Å². The lowest BCUT2D eigenvalue weighted by molar-refractivity contribution is 0.445. The molecule has 0 aliphatic heterocycles. The maximum Gasteiger partial charge on any atom is 0.0543 e. The Hall–Kier alpha value is -7.16. The van der Waals surface area contributed by atoms with Crippen molar-refractivity contribution in [2.75, 3.05) is 9.80 Å². The van der Waals surface area contributed by atoms with Crippen LogP contribution in [-0.2, 0) is 0 Å². The Kier molecular flexibility index (Phi) is 11.3. The van der Waals surface area contributed by atoms with Gasteiger partial charge in [0.2, 0.25) is 0 Å². The maximum absolute atomic E-state index is 2.62. The van der Waals surface area contributed by atoms with Crippen molar-refractivity contribution in [1.29, 1.82) is 0 Å². The fraction of sp³-hybridized carbons (Fsp3) is 0.212. The van der Waals surface area contributed by atoms with Gasteiger partial charge in [-0.2, -0.15) is 0 Å². The Labute approximate surface area is 402 Å². The summed E-state index contributed by atoms with van der Waals surface area (Å²) in [6.07, 6.45) is 12.7. The third-order valence-corrected chi connectivity index (χ3v) is 15.8. The number of rotatable bonds is 10. The number of hydrogen-bond acceptors (Lipinski definition) is 2. The second-order valence-corrected chi connectivity index (χ2v) is 19.7. The lowest BCUT2D eigenvalue weighted by Gasteiger charge is -2.34. The quantitative estimate of drug-likeness (QED) is 0.126. The standard InChI is InChI=1S/C66H60N2/c1-45-53(47-23-9-3-10-24-47)35-21-37-61(45)67(51-31-17-7-18-32-51)63-43-59(49-27-13-5-14-28-49)55-40-42-58-64(44-60(50-29-15-6-16-30-50)56-39-41-57(63)65(55)66(56)58)68(52-33-19-8-20-34-52)62-38-22-36-54(46(62)2)48-25-11-4-12-26-48/h3-4,7-12,17-26,31-44,49-50H,5-6,13-16,27-30H2,1-2H3. The van der Waals surface area contributed by atoms with Crippen LogP contribution in [0.4, 0.5) is 34.1 Å². The van der Waals surface area contributed by atoms with Crippen molar-refractivity contribution in [3.63, 3.8) is 0 Å². The molecule has 2 aliphatic rings. The van der Waals surface area contributed by atoms with Crippen LogP contribution in [0.1, 0.15) is 98.3 Å². The largest absolute Gasteiger partial charge is 0.310 e. The Morgan fingerprint density at radius 1 is 0.324 bits per heavy atom. The number of nitrogens with zero attached hydrogens (tertiary/aromatic N) is 2. The van der Waals surface area contributed by atoms with Crippen molar-refractivity contribution < 1.29 is 0 Å². The highest BCUT2D eigenvalue weighted by Gasteiger charge is 2.30. The van der Waals surface area contributed by atoms with E-state index in [1.54, 1.807) is 0 Å². The van der Waals surface area contributed by atoms with E-state index >= 15 is 0 Å². The van der Waals surface area contributed by atoms with Crippen LogP contribution in [0.3, 0.4) is 0 Å². The fourth-order valence-electron chi connectivity index (χ4n) is 12.4. The summed E-state index contributed by atoms with van der Waals surface area (Å²) < 4.78 is 0. The van der Waals surface area contributed by atoms with Crippen molar-refractivity contribution in [3.8, 4) is 22.3 Å². The molecule has 2 saturated carbocycles. The van der Waals surface area contributed by atoms with E-state index in [0.717, 1.165) is 0 Å². The highest BCUT2D eigenvalue weighted by atomic mass is 15.2. The van der Waals surface area contributed by atoms with Gasteiger partial charge in [0.1, 0.15) is 0 Å². The molecule has 10 aromatic rings. The summed E-state index contributed by atoms with van der Waals surface area (Å²) in [5, 5.41) is 8.31. The molecular weight excluding hydrogens is 821 g/mol. The van der Waals surface area contributed by atoms with Crippen molar-refractivity contribution in [3.05, 3.63) is 216 Å². The topological polar surface area (TPSA) is 6.48 Å². The van der Waals surface area contributed by atoms with E-state index in [2.05, 4.69) is 218 Å². The van der Waals surface area contributed by atoms with Gasteiger partial charge in [0.15, 0.2) is 0 Å². The van der Waals surface area contributed by atoms with E-state index in [1.165, 1.54) is 175 Å².